The molecule has 1 heterocycles. The highest BCUT2D eigenvalue weighted by Gasteiger charge is 2.01. The van der Waals surface area contributed by atoms with Crippen LogP contribution in [0.4, 0.5) is 0 Å². The van der Waals surface area contributed by atoms with E-state index in [1.165, 1.54) is 11.8 Å². The van der Waals surface area contributed by atoms with Gasteiger partial charge in [-0.2, -0.15) is 0 Å². The molecule has 21 heavy (non-hydrogen) atoms. The second-order valence-electron chi connectivity index (χ2n) is 4.49. The molecule has 118 valence electrons. The Morgan fingerprint density at radius 1 is 1.29 bits per heavy atom. The zero-order chi connectivity index (χ0) is 15.5. The molecule has 0 radical (unpaired) electrons. The van der Waals surface area contributed by atoms with Gasteiger partial charge in [0.15, 0.2) is 5.96 Å². The Balaban J connectivity index is 2.34. The molecular formula is C14H25N5OS. The minimum atomic E-state index is -0.0192. The summed E-state index contributed by atoms with van der Waals surface area (Å²) in [7, 11) is 0. The highest BCUT2D eigenvalue weighted by atomic mass is 32.1. The second kappa shape index (κ2) is 10.1. The van der Waals surface area contributed by atoms with Gasteiger partial charge in [-0.25, -0.2) is 4.98 Å². The Morgan fingerprint density at radius 3 is 2.67 bits per heavy atom. The van der Waals surface area contributed by atoms with Crippen molar-refractivity contribution in [1.29, 1.82) is 0 Å². The summed E-state index contributed by atoms with van der Waals surface area (Å²) in [5, 5.41) is 10.2. The first kappa shape index (κ1) is 17.4. The molecular weight excluding hydrogens is 286 g/mol. The summed E-state index contributed by atoms with van der Waals surface area (Å²) in [4.78, 5) is 21.0. The predicted molar refractivity (Wildman–Crippen MR) is 87.9 cm³/mol. The number of aliphatic imine (C=N–C) groups is 1. The van der Waals surface area contributed by atoms with Crippen molar-refractivity contribution >= 4 is 23.2 Å². The summed E-state index contributed by atoms with van der Waals surface area (Å²) in [6.45, 7) is 8.43. The minimum absolute atomic E-state index is 0.0192. The van der Waals surface area contributed by atoms with Crippen molar-refractivity contribution in [2.24, 2.45) is 4.99 Å². The van der Waals surface area contributed by atoms with Crippen LogP contribution in [0, 0.1) is 0 Å². The van der Waals surface area contributed by atoms with E-state index in [1.807, 2.05) is 13.1 Å². The van der Waals surface area contributed by atoms with Gasteiger partial charge in [0, 0.05) is 50.6 Å². The molecule has 1 aromatic heterocycles. The number of carbonyl (C=O) groups is 1. The molecule has 0 saturated heterocycles. The number of carbonyl (C=O) groups excluding carboxylic acids is 1. The molecule has 1 amide bonds. The van der Waals surface area contributed by atoms with Crippen LogP contribution in [-0.2, 0) is 17.6 Å². The van der Waals surface area contributed by atoms with E-state index in [-0.39, 0.29) is 5.91 Å². The summed E-state index contributed by atoms with van der Waals surface area (Å²) >= 11 is 1.75. The minimum Gasteiger partial charge on any atom is -0.357 e. The summed E-state index contributed by atoms with van der Waals surface area (Å²) < 4.78 is 0. The first-order valence-corrected chi connectivity index (χ1v) is 8.17. The van der Waals surface area contributed by atoms with Crippen LogP contribution in [0.1, 0.15) is 30.7 Å². The fourth-order valence-electron chi connectivity index (χ4n) is 1.65. The lowest BCUT2D eigenvalue weighted by Crippen LogP contribution is -2.41. The molecule has 0 aliphatic heterocycles. The molecule has 1 rings (SSSR count). The Bertz CT molecular complexity index is 458. The highest BCUT2D eigenvalue weighted by Crippen LogP contribution is 2.13. The number of thiazole rings is 1. The van der Waals surface area contributed by atoms with Gasteiger partial charge in [-0.3, -0.25) is 9.79 Å². The number of nitrogens with zero attached hydrogens (tertiary/aromatic N) is 2. The van der Waals surface area contributed by atoms with Gasteiger partial charge < -0.3 is 16.0 Å². The van der Waals surface area contributed by atoms with Gasteiger partial charge in [-0.1, -0.05) is 6.92 Å². The average Bonchev–Trinajstić information content (AvgIpc) is 2.91. The van der Waals surface area contributed by atoms with Gasteiger partial charge in [0.1, 0.15) is 0 Å². The van der Waals surface area contributed by atoms with Gasteiger partial charge >= 0.3 is 0 Å². The zero-order valence-electron chi connectivity index (χ0n) is 13.0. The number of amides is 1. The van der Waals surface area contributed by atoms with E-state index in [1.54, 1.807) is 11.3 Å². The molecule has 0 fully saturated rings. The van der Waals surface area contributed by atoms with Crippen molar-refractivity contribution in [3.63, 3.8) is 0 Å². The smallest absolute Gasteiger partial charge is 0.216 e. The largest absolute Gasteiger partial charge is 0.357 e. The number of guanidine groups is 1. The van der Waals surface area contributed by atoms with E-state index in [0.717, 1.165) is 30.4 Å². The topological polar surface area (TPSA) is 78.4 Å². The van der Waals surface area contributed by atoms with Gasteiger partial charge in [0.2, 0.25) is 5.91 Å². The lowest BCUT2D eigenvalue weighted by atomic mass is 10.4. The zero-order valence-corrected chi connectivity index (χ0v) is 13.8. The maximum atomic E-state index is 10.8. The SMILES string of the molecule is CCNC(=NCCc1ncc(CC)s1)NCCNC(C)=O. The Morgan fingerprint density at radius 2 is 2.05 bits per heavy atom. The van der Waals surface area contributed by atoms with Crippen LogP contribution < -0.4 is 16.0 Å². The van der Waals surface area contributed by atoms with Crippen molar-refractivity contribution < 1.29 is 4.79 Å². The van der Waals surface area contributed by atoms with Gasteiger partial charge in [0.25, 0.3) is 0 Å². The number of hydrogen-bond donors (Lipinski definition) is 3. The third kappa shape index (κ3) is 7.65. The van der Waals surface area contributed by atoms with E-state index in [9.17, 15) is 4.79 Å². The maximum Gasteiger partial charge on any atom is 0.216 e. The van der Waals surface area contributed by atoms with Crippen molar-refractivity contribution in [2.45, 2.75) is 33.6 Å². The van der Waals surface area contributed by atoms with Crippen LogP contribution >= 0.6 is 11.3 Å². The Labute approximate surface area is 130 Å². The molecule has 1 aromatic rings. The lowest BCUT2D eigenvalue weighted by Gasteiger charge is -2.11. The molecule has 0 spiro atoms. The molecule has 7 heteroatoms. The summed E-state index contributed by atoms with van der Waals surface area (Å²) in [6, 6.07) is 0. The van der Waals surface area contributed by atoms with Crippen molar-refractivity contribution in [3.05, 3.63) is 16.1 Å². The quantitative estimate of drug-likeness (QED) is 0.379. The van der Waals surface area contributed by atoms with Gasteiger partial charge in [-0.15, -0.1) is 11.3 Å². The molecule has 3 N–H and O–H groups in total. The van der Waals surface area contributed by atoms with Crippen LogP contribution in [0.25, 0.3) is 0 Å². The molecule has 0 unspecified atom stereocenters. The van der Waals surface area contributed by atoms with E-state index in [4.69, 9.17) is 0 Å². The molecule has 0 aliphatic carbocycles. The Kier molecular flexibility index (Phi) is 8.42. The molecule has 0 bridgehead atoms. The van der Waals surface area contributed by atoms with Crippen LogP contribution in [0.5, 0.6) is 0 Å². The third-order valence-electron chi connectivity index (χ3n) is 2.68. The number of aryl methyl sites for hydroxylation is 1. The third-order valence-corrected chi connectivity index (χ3v) is 3.88. The van der Waals surface area contributed by atoms with Gasteiger partial charge in [0.05, 0.1) is 5.01 Å². The predicted octanol–water partition coefficient (Wildman–Crippen LogP) is 0.939. The molecule has 6 nitrogen and oxygen atoms in total. The van der Waals surface area contributed by atoms with Crippen LogP contribution in [0.15, 0.2) is 11.2 Å². The van der Waals surface area contributed by atoms with Gasteiger partial charge in [-0.05, 0) is 13.3 Å². The molecule has 0 saturated carbocycles. The maximum absolute atomic E-state index is 10.8. The van der Waals surface area contributed by atoms with E-state index in [0.29, 0.717) is 19.6 Å². The molecule has 0 aliphatic rings. The first-order chi connectivity index (χ1) is 10.2. The van der Waals surface area contributed by atoms with E-state index < -0.39 is 0 Å². The van der Waals surface area contributed by atoms with Crippen molar-refractivity contribution in [1.82, 2.24) is 20.9 Å². The van der Waals surface area contributed by atoms with E-state index in [2.05, 4.69) is 32.9 Å². The number of hydrogen-bond acceptors (Lipinski definition) is 4. The summed E-state index contributed by atoms with van der Waals surface area (Å²) in [5.74, 6) is 0.754. The van der Waals surface area contributed by atoms with Crippen LogP contribution in [0.2, 0.25) is 0 Å². The van der Waals surface area contributed by atoms with Crippen molar-refractivity contribution in [2.75, 3.05) is 26.2 Å². The fraction of sp³-hybridized carbons (Fsp3) is 0.643. The molecule has 0 atom stereocenters. The summed E-state index contributed by atoms with van der Waals surface area (Å²) in [6.07, 6.45) is 3.84. The summed E-state index contributed by atoms with van der Waals surface area (Å²) in [5.41, 5.74) is 0. The number of nitrogens with one attached hydrogen (secondary N) is 3. The fourth-order valence-corrected chi connectivity index (χ4v) is 2.50. The second-order valence-corrected chi connectivity index (χ2v) is 5.69. The Hall–Kier alpha value is -1.63. The normalized spacial score (nSPS) is 11.3. The van der Waals surface area contributed by atoms with Crippen LogP contribution in [0.3, 0.4) is 0 Å². The van der Waals surface area contributed by atoms with Crippen LogP contribution in [-0.4, -0.2) is 43.0 Å². The monoisotopic (exact) mass is 311 g/mol. The number of rotatable bonds is 8. The molecule has 0 aromatic carbocycles. The standard InChI is InChI=1S/C14H25N5OS/c1-4-12-10-19-13(21-12)6-7-17-14(15-5-2)18-9-8-16-11(3)20/h10H,4-9H2,1-3H3,(H,16,20)(H2,15,17,18). The first-order valence-electron chi connectivity index (χ1n) is 7.35. The van der Waals surface area contributed by atoms with E-state index >= 15 is 0 Å². The average molecular weight is 311 g/mol. The number of aromatic nitrogens is 1. The van der Waals surface area contributed by atoms with Crippen molar-refractivity contribution in [3.8, 4) is 0 Å². The lowest BCUT2D eigenvalue weighted by molar-refractivity contribution is -0.118. The highest BCUT2D eigenvalue weighted by molar-refractivity contribution is 7.11.